The Kier molecular flexibility index (Phi) is 3.97. The molecule has 0 saturated carbocycles. The maximum Gasteiger partial charge on any atom is 0.195 e. The molecule has 0 spiro atoms. The molecule has 2 aromatic rings. The quantitative estimate of drug-likeness (QED) is 0.628. The van der Waals surface area contributed by atoms with Crippen LogP contribution in [0.4, 0.5) is 0 Å². The summed E-state index contributed by atoms with van der Waals surface area (Å²) in [5, 5.41) is 18.5. The van der Waals surface area contributed by atoms with Gasteiger partial charge >= 0.3 is 0 Å². The van der Waals surface area contributed by atoms with Crippen molar-refractivity contribution in [3.63, 3.8) is 0 Å². The Bertz CT molecular complexity index is 690. The fourth-order valence-corrected chi connectivity index (χ4v) is 2.02. The average molecular weight is 268 g/mol. The third kappa shape index (κ3) is 3.44. The van der Waals surface area contributed by atoms with Crippen LogP contribution in [0.25, 0.3) is 6.08 Å². The largest absolute Gasteiger partial charge is 0.450 e. The summed E-state index contributed by atoms with van der Waals surface area (Å²) in [6, 6.07) is 8.79. The summed E-state index contributed by atoms with van der Waals surface area (Å²) in [5.74, 6) is 0.452. The number of aromatic nitrogens is 2. The maximum atomic E-state index is 8.65. The number of hydrogen-bond donors (Lipinski definition) is 0. The molecule has 0 saturated heterocycles. The van der Waals surface area contributed by atoms with Crippen LogP contribution in [0.15, 0.2) is 44.6 Å². The Morgan fingerprint density at radius 2 is 2.11 bits per heavy atom. The van der Waals surface area contributed by atoms with Crippen molar-refractivity contribution in [2.45, 2.75) is 17.2 Å². The minimum absolute atomic E-state index is 0.00212. The number of nitriles is 2. The molecular formula is C13H8N4OS. The first-order chi connectivity index (χ1) is 9.21. The lowest BCUT2D eigenvalue weighted by molar-refractivity contribution is 0.465. The van der Waals surface area contributed by atoms with Crippen molar-refractivity contribution in [3.05, 3.63) is 41.4 Å². The normalized spacial score (nSPS) is 9.42. The van der Waals surface area contributed by atoms with E-state index in [2.05, 4.69) is 9.97 Å². The van der Waals surface area contributed by atoms with Crippen LogP contribution in [-0.2, 0) is 0 Å². The van der Waals surface area contributed by atoms with Crippen LogP contribution < -0.4 is 0 Å². The number of hydrogen-bond acceptors (Lipinski definition) is 6. The molecule has 0 aliphatic carbocycles. The molecule has 0 bridgehead atoms. The van der Waals surface area contributed by atoms with Crippen molar-refractivity contribution in [3.8, 4) is 12.1 Å². The molecule has 92 valence electrons. The van der Waals surface area contributed by atoms with Gasteiger partial charge in [-0.1, -0.05) is 0 Å². The van der Waals surface area contributed by atoms with E-state index in [1.807, 2.05) is 13.0 Å². The van der Waals surface area contributed by atoms with E-state index >= 15 is 0 Å². The highest BCUT2D eigenvalue weighted by Crippen LogP contribution is 2.27. The van der Waals surface area contributed by atoms with Crippen molar-refractivity contribution in [1.29, 1.82) is 10.5 Å². The van der Waals surface area contributed by atoms with Crippen LogP contribution in [0.5, 0.6) is 0 Å². The number of aryl methyl sites for hydroxylation is 1. The third-order valence-corrected chi connectivity index (χ3v) is 2.89. The second-order valence-electron chi connectivity index (χ2n) is 3.52. The molecule has 0 aliphatic rings. The fourth-order valence-electron chi connectivity index (χ4n) is 1.26. The SMILES string of the molecule is Cc1ccnc(Sc2ccc(C=C(C#N)C#N)o2)n1. The highest BCUT2D eigenvalue weighted by Gasteiger charge is 2.06. The average Bonchev–Trinajstić information content (AvgIpc) is 2.83. The van der Waals surface area contributed by atoms with Crippen LogP contribution >= 0.6 is 11.8 Å². The Labute approximate surface area is 114 Å². The minimum Gasteiger partial charge on any atom is -0.450 e. The lowest BCUT2D eigenvalue weighted by Crippen LogP contribution is -1.86. The van der Waals surface area contributed by atoms with Crippen molar-refractivity contribution < 1.29 is 4.42 Å². The van der Waals surface area contributed by atoms with Gasteiger partial charge in [0.15, 0.2) is 10.2 Å². The Morgan fingerprint density at radius 1 is 1.32 bits per heavy atom. The van der Waals surface area contributed by atoms with Crippen molar-refractivity contribution in [2.24, 2.45) is 0 Å². The van der Waals surface area contributed by atoms with Gasteiger partial charge in [-0.3, -0.25) is 0 Å². The summed E-state index contributed by atoms with van der Waals surface area (Å²) in [6.45, 7) is 1.88. The minimum atomic E-state index is -0.00212. The zero-order valence-electron chi connectivity index (χ0n) is 9.99. The van der Waals surface area contributed by atoms with Crippen LogP contribution in [0.3, 0.4) is 0 Å². The van der Waals surface area contributed by atoms with E-state index in [0.717, 1.165) is 5.69 Å². The highest BCUT2D eigenvalue weighted by molar-refractivity contribution is 7.99. The summed E-state index contributed by atoms with van der Waals surface area (Å²) in [7, 11) is 0. The van der Waals surface area contributed by atoms with E-state index in [-0.39, 0.29) is 5.57 Å². The molecule has 0 fully saturated rings. The Hall–Kier alpha value is -2.57. The number of furan rings is 1. The second-order valence-corrected chi connectivity index (χ2v) is 4.49. The van der Waals surface area contributed by atoms with Crippen molar-refractivity contribution in [2.75, 3.05) is 0 Å². The van der Waals surface area contributed by atoms with Gasteiger partial charge in [0.1, 0.15) is 23.5 Å². The molecule has 2 aromatic heterocycles. The molecule has 0 aliphatic heterocycles. The number of nitrogens with zero attached hydrogens (tertiary/aromatic N) is 4. The molecule has 2 rings (SSSR count). The van der Waals surface area contributed by atoms with Gasteiger partial charge in [0.05, 0.1) is 0 Å². The monoisotopic (exact) mass is 268 g/mol. The number of allylic oxidation sites excluding steroid dienone is 1. The van der Waals surface area contributed by atoms with Crippen LogP contribution in [-0.4, -0.2) is 9.97 Å². The third-order valence-electron chi connectivity index (χ3n) is 2.09. The predicted molar refractivity (Wildman–Crippen MR) is 68.8 cm³/mol. The van der Waals surface area contributed by atoms with E-state index in [1.165, 1.54) is 17.8 Å². The molecule has 0 amide bonds. The molecule has 0 aromatic carbocycles. The topological polar surface area (TPSA) is 86.5 Å². The second kappa shape index (κ2) is 5.85. The Morgan fingerprint density at radius 3 is 2.79 bits per heavy atom. The first-order valence-electron chi connectivity index (χ1n) is 5.30. The molecule has 0 atom stereocenters. The summed E-state index contributed by atoms with van der Waals surface area (Å²) in [4.78, 5) is 8.35. The summed E-state index contributed by atoms with van der Waals surface area (Å²) in [5.41, 5.74) is 0.873. The lowest BCUT2D eigenvalue weighted by atomic mass is 10.3. The van der Waals surface area contributed by atoms with Gasteiger partial charge in [-0.25, -0.2) is 9.97 Å². The van der Waals surface area contributed by atoms with Crippen molar-refractivity contribution >= 4 is 17.8 Å². The van der Waals surface area contributed by atoms with E-state index in [9.17, 15) is 0 Å². The zero-order valence-corrected chi connectivity index (χ0v) is 10.8. The molecule has 5 nitrogen and oxygen atoms in total. The van der Waals surface area contributed by atoms with Crippen molar-refractivity contribution in [1.82, 2.24) is 9.97 Å². The smallest absolute Gasteiger partial charge is 0.195 e. The maximum absolute atomic E-state index is 8.65. The van der Waals surface area contributed by atoms with Gasteiger partial charge in [-0.05, 0) is 36.9 Å². The standard InChI is InChI=1S/C13H8N4OS/c1-9-4-5-16-13(17-9)19-12-3-2-11(18-12)6-10(7-14)8-15/h2-6H,1H3. The first kappa shape index (κ1) is 12.9. The molecule has 6 heteroatoms. The fraction of sp³-hybridized carbons (Fsp3) is 0.0769. The molecule has 0 unspecified atom stereocenters. The molecule has 19 heavy (non-hydrogen) atoms. The van der Waals surface area contributed by atoms with Gasteiger partial charge < -0.3 is 4.42 Å². The van der Waals surface area contributed by atoms with Gasteiger partial charge in [0.25, 0.3) is 0 Å². The van der Waals surface area contributed by atoms with Gasteiger partial charge in [-0.2, -0.15) is 10.5 Å². The van der Waals surface area contributed by atoms with Gasteiger partial charge in [0.2, 0.25) is 0 Å². The Balaban J connectivity index is 2.17. The lowest BCUT2D eigenvalue weighted by Gasteiger charge is -1.96. The van der Waals surface area contributed by atoms with Crippen LogP contribution in [0.2, 0.25) is 0 Å². The molecule has 0 radical (unpaired) electrons. The molecule has 2 heterocycles. The van der Waals surface area contributed by atoms with E-state index in [1.54, 1.807) is 30.5 Å². The summed E-state index contributed by atoms with van der Waals surface area (Å²) in [6.07, 6.45) is 3.07. The predicted octanol–water partition coefficient (Wildman–Crippen LogP) is 2.96. The molecule has 0 N–H and O–H groups in total. The van der Waals surface area contributed by atoms with E-state index in [0.29, 0.717) is 16.0 Å². The van der Waals surface area contributed by atoms with Gasteiger partial charge in [0, 0.05) is 18.0 Å². The van der Waals surface area contributed by atoms with Crippen LogP contribution in [0.1, 0.15) is 11.5 Å². The van der Waals surface area contributed by atoms with Crippen LogP contribution in [0, 0.1) is 29.6 Å². The van der Waals surface area contributed by atoms with Gasteiger partial charge in [-0.15, -0.1) is 0 Å². The number of rotatable bonds is 3. The zero-order chi connectivity index (χ0) is 13.7. The first-order valence-corrected chi connectivity index (χ1v) is 6.12. The molecular weight excluding hydrogens is 260 g/mol. The van der Waals surface area contributed by atoms with E-state index in [4.69, 9.17) is 14.9 Å². The summed E-state index contributed by atoms with van der Waals surface area (Å²) >= 11 is 1.28. The summed E-state index contributed by atoms with van der Waals surface area (Å²) < 4.78 is 5.47. The highest BCUT2D eigenvalue weighted by atomic mass is 32.2. The van der Waals surface area contributed by atoms with E-state index < -0.39 is 0 Å².